The first-order chi connectivity index (χ1) is 20.2. The Morgan fingerprint density at radius 1 is 0.561 bits per heavy atom. The second-order valence-electron chi connectivity index (χ2n) is 11.5. The number of nitrogens with zero attached hydrogens (tertiary/aromatic N) is 2. The molecule has 4 heterocycles. The van der Waals surface area contributed by atoms with Gasteiger partial charge < -0.3 is 19.8 Å². The first kappa shape index (κ1) is 25.0. The standard InChI is InChI=1S/C36H34N4S/c1-23-9-13-25(14-10-23)39-31-17-19-37-21-29(31)27-5-3-7-33(35(27)39)41-34-8-4-6-28-30-22-38-20-18-32(30)40(36(28)34)26-15-11-24(2)12-16-26/h3-16,37-38H,17-22H2,1-2H3. The molecule has 5 heteroatoms. The molecule has 8 rings (SSSR count). The molecule has 0 atom stereocenters. The van der Waals surface area contributed by atoms with E-state index >= 15 is 0 Å². The summed E-state index contributed by atoms with van der Waals surface area (Å²) in [7, 11) is 0. The molecule has 0 radical (unpaired) electrons. The molecule has 2 aliphatic heterocycles. The minimum absolute atomic E-state index is 0.921. The Bertz CT molecular complexity index is 1780. The molecule has 6 aromatic rings. The predicted octanol–water partition coefficient (Wildman–Crippen LogP) is 7.63. The molecule has 2 aromatic heterocycles. The Hall–Kier alpha value is -3.77. The highest BCUT2D eigenvalue weighted by Gasteiger charge is 2.26. The van der Waals surface area contributed by atoms with Crippen molar-refractivity contribution in [2.24, 2.45) is 0 Å². The summed E-state index contributed by atoms with van der Waals surface area (Å²) in [5.74, 6) is 0. The summed E-state index contributed by atoms with van der Waals surface area (Å²) in [6, 6.07) is 31.8. The lowest BCUT2D eigenvalue weighted by Crippen LogP contribution is -2.24. The first-order valence-electron chi connectivity index (χ1n) is 14.7. The second kappa shape index (κ2) is 9.95. The van der Waals surface area contributed by atoms with Gasteiger partial charge in [0, 0.05) is 82.3 Å². The van der Waals surface area contributed by atoms with Gasteiger partial charge in [0.2, 0.25) is 0 Å². The molecule has 0 saturated heterocycles. The lowest BCUT2D eigenvalue weighted by atomic mass is 10.1. The summed E-state index contributed by atoms with van der Waals surface area (Å²) in [4.78, 5) is 2.61. The number of nitrogens with one attached hydrogen (secondary N) is 2. The zero-order valence-corrected chi connectivity index (χ0v) is 24.4. The van der Waals surface area contributed by atoms with Crippen molar-refractivity contribution in [3.63, 3.8) is 0 Å². The van der Waals surface area contributed by atoms with Gasteiger partial charge in [0.1, 0.15) is 0 Å². The summed E-state index contributed by atoms with van der Waals surface area (Å²) in [5, 5.41) is 9.98. The third-order valence-corrected chi connectivity index (χ3v) is 9.92. The minimum atomic E-state index is 0.921. The van der Waals surface area contributed by atoms with Gasteiger partial charge in [-0.3, -0.25) is 0 Å². The van der Waals surface area contributed by atoms with Crippen molar-refractivity contribution < 1.29 is 0 Å². The molecule has 2 aliphatic rings. The third kappa shape index (κ3) is 4.06. The van der Waals surface area contributed by atoms with E-state index in [9.17, 15) is 0 Å². The second-order valence-corrected chi connectivity index (χ2v) is 12.5. The van der Waals surface area contributed by atoms with E-state index in [1.54, 1.807) is 0 Å². The zero-order chi connectivity index (χ0) is 27.5. The molecule has 2 N–H and O–H groups in total. The van der Waals surface area contributed by atoms with Crippen LogP contribution in [-0.4, -0.2) is 22.2 Å². The normalized spacial score (nSPS) is 14.9. The summed E-state index contributed by atoms with van der Waals surface area (Å²) >= 11 is 1.91. The van der Waals surface area contributed by atoms with Gasteiger partial charge in [-0.05, 0) is 61.4 Å². The molecule has 0 aliphatic carbocycles. The monoisotopic (exact) mass is 554 g/mol. The van der Waals surface area contributed by atoms with E-state index in [4.69, 9.17) is 0 Å². The third-order valence-electron chi connectivity index (χ3n) is 8.82. The van der Waals surface area contributed by atoms with Crippen molar-refractivity contribution in [1.29, 1.82) is 0 Å². The number of para-hydroxylation sites is 2. The van der Waals surface area contributed by atoms with Crippen LogP contribution in [0.1, 0.15) is 33.6 Å². The molecular weight excluding hydrogens is 520 g/mol. The molecule has 0 amide bonds. The Balaban J connectivity index is 1.37. The summed E-state index contributed by atoms with van der Waals surface area (Å²) in [5.41, 5.74) is 13.5. The van der Waals surface area contributed by atoms with Crippen molar-refractivity contribution in [1.82, 2.24) is 19.8 Å². The van der Waals surface area contributed by atoms with Crippen LogP contribution in [0.3, 0.4) is 0 Å². The number of aromatic nitrogens is 2. The molecule has 0 spiro atoms. The van der Waals surface area contributed by atoms with Crippen molar-refractivity contribution in [2.75, 3.05) is 13.1 Å². The molecule has 0 fully saturated rings. The van der Waals surface area contributed by atoms with Crippen LogP contribution in [0.2, 0.25) is 0 Å². The van der Waals surface area contributed by atoms with Crippen LogP contribution in [-0.2, 0) is 25.9 Å². The van der Waals surface area contributed by atoms with Crippen LogP contribution in [0.25, 0.3) is 33.2 Å². The maximum atomic E-state index is 3.63. The van der Waals surface area contributed by atoms with Gasteiger partial charge in [-0.2, -0.15) is 0 Å². The number of rotatable bonds is 4. The van der Waals surface area contributed by atoms with Crippen LogP contribution < -0.4 is 10.6 Å². The average molecular weight is 555 g/mol. The van der Waals surface area contributed by atoms with Gasteiger partial charge in [-0.1, -0.05) is 71.4 Å². The van der Waals surface area contributed by atoms with Gasteiger partial charge in [0.05, 0.1) is 11.0 Å². The fourth-order valence-corrected chi connectivity index (χ4v) is 7.97. The molecule has 4 nitrogen and oxygen atoms in total. The Kier molecular flexibility index (Phi) is 6.06. The lowest BCUT2D eigenvalue weighted by molar-refractivity contribution is 0.631. The number of hydrogen-bond acceptors (Lipinski definition) is 3. The maximum Gasteiger partial charge on any atom is 0.0674 e. The van der Waals surface area contributed by atoms with Gasteiger partial charge in [-0.25, -0.2) is 0 Å². The van der Waals surface area contributed by atoms with Crippen LogP contribution >= 0.6 is 11.8 Å². The highest BCUT2D eigenvalue weighted by Crippen LogP contribution is 2.44. The molecular formula is C36H34N4S. The molecule has 204 valence electrons. The molecule has 0 unspecified atom stereocenters. The Labute approximate surface area is 245 Å². The van der Waals surface area contributed by atoms with Gasteiger partial charge in [0.15, 0.2) is 0 Å². The van der Waals surface area contributed by atoms with Gasteiger partial charge >= 0.3 is 0 Å². The summed E-state index contributed by atoms with van der Waals surface area (Å²) < 4.78 is 5.09. The zero-order valence-electron chi connectivity index (χ0n) is 23.6. The molecule has 41 heavy (non-hydrogen) atoms. The maximum absolute atomic E-state index is 3.63. The SMILES string of the molecule is Cc1ccc(-n2c3c(c4cccc(Sc5cccc6c7c(n(-c8ccc(C)cc8)c56)CCNC7)c42)CNCC3)cc1. The Morgan fingerprint density at radius 3 is 1.44 bits per heavy atom. The van der Waals surface area contributed by atoms with E-state index in [1.807, 2.05) is 11.8 Å². The summed E-state index contributed by atoms with van der Waals surface area (Å²) in [6.07, 6.45) is 2.07. The first-order valence-corrected chi connectivity index (χ1v) is 15.5. The number of fused-ring (bicyclic) bond motifs is 6. The number of aryl methyl sites for hydroxylation is 2. The smallest absolute Gasteiger partial charge is 0.0674 e. The van der Waals surface area contributed by atoms with Crippen LogP contribution in [0.5, 0.6) is 0 Å². The Morgan fingerprint density at radius 2 is 1.00 bits per heavy atom. The molecule has 4 aromatic carbocycles. The summed E-state index contributed by atoms with van der Waals surface area (Å²) in [6.45, 7) is 8.20. The van der Waals surface area contributed by atoms with E-state index in [2.05, 4.69) is 119 Å². The minimum Gasteiger partial charge on any atom is -0.312 e. The van der Waals surface area contributed by atoms with Crippen molar-refractivity contribution >= 4 is 33.6 Å². The van der Waals surface area contributed by atoms with Crippen LogP contribution in [0.4, 0.5) is 0 Å². The predicted molar refractivity (Wildman–Crippen MR) is 171 cm³/mol. The van der Waals surface area contributed by atoms with E-state index in [-0.39, 0.29) is 0 Å². The van der Waals surface area contributed by atoms with E-state index < -0.39 is 0 Å². The quantitative estimate of drug-likeness (QED) is 0.235. The highest BCUT2D eigenvalue weighted by molar-refractivity contribution is 7.99. The van der Waals surface area contributed by atoms with Crippen LogP contribution in [0.15, 0.2) is 94.7 Å². The largest absolute Gasteiger partial charge is 0.312 e. The fraction of sp³-hybridized carbons (Fsp3) is 0.222. The average Bonchev–Trinajstić information content (AvgIpc) is 3.53. The number of hydrogen-bond donors (Lipinski definition) is 2. The number of benzene rings is 4. The van der Waals surface area contributed by atoms with E-state index in [0.717, 1.165) is 39.0 Å². The van der Waals surface area contributed by atoms with Crippen LogP contribution in [0, 0.1) is 13.8 Å². The molecule has 0 bridgehead atoms. The lowest BCUT2D eigenvalue weighted by Gasteiger charge is -2.18. The van der Waals surface area contributed by atoms with Gasteiger partial charge in [0.25, 0.3) is 0 Å². The van der Waals surface area contributed by atoms with E-state index in [1.165, 1.54) is 76.6 Å². The van der Waals surface area contributed by atoms with Crippen molar-refractivity contribution in [3.05, 3.63) is 119 Å². The molecule has 0 saturated carbocycles. The van der Waals surface area contributed by atoms with Crippen molar-refractivity contribution in [3.8, 4) is 11.4 Å². The highest BCUT2D eigenvalue weighted by atomic mass is 32.2. The van der Waals surface area contributed by atoms with E-state index in [0.29, 0.717) is 0 Å². The van der Waals surface area contributed by atoms with Gasteiger partial charge in [-0.15, -0.1) is 0 Å². The van der Waals surface area contributed by atoms with Crippen molar-refractivity contribution in [2.45, 2.75) is 49.6 Å². The topological polar surface area (TPSA) is 33.9 Å². The fourth-order valence-electron chi connectivity index (χ4n) is 6.84.